The molecule has 0 aliphatic heterocycles. The summed E-state index contributed by atoms with van der Waals surface area (Å²) in [6.45, 7) is -0.918. The van der Waals surface area contributed by atoms with Gasteiger partial charge in [0.25, 0.3) is 0 Å². The van der Waals surface area contributed by atoms with Crippen molar-refractivity contribution in [3.63, 3.8) is 0 Å². The molecule has 0 aliphatic carbocycles. The lowest BCUT2D eigenvalue weighted by Gasteiger charge is -2.17. The summed E-state index contributed by atoms with van der Waals surface area (Å²) in [6, 6.07) is 5.45. The number of benzene rings is 1. The fourth-order valence-electron chi connectivity index (χ4n) is 1.58. The molecule has 0 aliphatic rings. The summed E-state index contributed by atoms with van der Waals surface area (Å²) in [6.07, 6.45) is 0. The van der Waals surface area contributed by atoms with Crippen LogP contribution in [-0.2, 0) is 9.59 Å². The van der Waals surface area contributed by atoms with Crippen molar-refractivity contribution < 1.29 is 18.8 Å². The van der Waals surface area contributed by atoms with Crippen LogP contribution in [0.15, 0.2) is 24.3 Å². The average molecular weight is 267 g/mol. The Labute approximate surface area is 109 Å². The van der Waals surface area contributed by atoms with E-state index in [2.05, 4.69) is 0 Å². The van der Waals surface area contributed by atoms with Crippen molar-refractivity contribution >= 4 is 17.6 Å². The Hall–Kier alpha value is -2.28. The van der Waals surface area contributed by atoms with Gasteiger partial charge in [0.15, 0.2) is 5.78 Å². The van der Waals surface area contributed by atoms with E-state index >= 15 is 0 Å². The highest BCUT2D eigenvalue weighted by Crippen LogP contribution is 2.08. The number of rotatable bonds is 7. The van der Waals surface area contributed by atoms with Crippen molar-refractivity contribution in [2.24, 2.45) is 11.5 Å². The lowest BCUT2D eigenvalue weighted by Crippen LogP contribution is -2.42. The fourth-order valence-corrected chi connectivity index (χ4v) is 1.58. The lowest BCUT2D eigenvalue weighted by atomic mass is 10.1. The van der Waals surface area contributed by atoms with Gasteiger partial charge in [-0.3, -0.25) is 19.3 Å². The molecule has 1 aromatic carbocycles. The summed E-state index contributed by atoms with van der Waals surface area (Å²) in [7, 11) is 0. The average Bonchev–Trinajstić information content (AvgIpc) is 2.27. The van der Waals surface area contributed by atoms with E-state index in [9.17, 15) is 18.8 Å². The molecule has 0 spiro atoms. The minimum absolute atomic E-state index is 0.110. The zero-order chi connectivity index (χ0) is 14.4. The van der Waals surface area contributed by atoms with Crippen LogP contribution in [0.5, 0.6) is 0 Å². The molecular formula is C12H14FN3O3. The minimum atomic E-state index is -0.706. The summed E-state index contributed by atoms with van der Waals surface area (Å²) in [5, 5.41) is 0. The molecule has 1 rings (SSSR count). The van der Waals surface area contributed by atoms with E-state index < -0.39 is 23.4 Å². The Balaban J connectivity index is 2.78. The van der Waals surface area contributed by atoms with E-state index in [1.54, 1.807) is 0 Å². The Morgan fingerprint density at radius 1 is 1.00 bits per heavy atom. The van der Waals surface area contributed by atoms with Crippen LogP contribution in [-0.4, -0.2) is 42.1 Å². The number of primary amides is 2. The van der Waals surface area contributed by atoms with Crippen molar-refractivity contribution in [1.82, 2.24) is 4.90 Å². The third-order valence-corrected chi connectivity index (χ3v) is 2.30. The zero-order valence-electron chi connectivity index (χ0n) is 10.1. The Bertz CT molecular complexity index is 489. The number of hydrogen-bond acceptors (Lipinski definition) is 4. The molecule has 1 aromatic rings. The third-order valence-electron chi connectivity index (χ3n) is 2.30. The van der Waals surface area contributed by atoms with Crippen LogP contribution in [0.2, 0.25) is 0 Å². The fraction of sp³-hybridized carbons (Fsp3) is 0.250. The van der Waals surface area contributed by atoms with Gasteiger partial charge >= 0.3 is 0 Å². The number of halogens is 1. The highest BCUT2D eigenvalue weighted by atomic mass is 19.1. The Morgan fingerprint density at radius 3 is 2.00 bits per heavy atom. The first-order valence-corrected chi connectivity index (χ1v) is 5.47. The van der Waals surface area contributed by atoms with Gasteiger partial charge in [-0.05, 0) is 12.1 Å². The smallest absolute Gasteiger partial charge is 0.231 e. The van der Waals surface area contributed by atoms with Crippen molar-refractivity contribution in [3.8, 4) is 0 Å². The predicted octanol–water partition coefficient (Wildman–Crippen LogP) is -0.719. The van der Waals surface area contributed by atoms with Crippen molar-refractivity contribution in [1.29, 1.82) is 0 Å². The molecule has 0 bridgehead atoms. The van der Waals surface area contributed by atoms with Crippen LogP contribution in [0.25, 0.3) is 0 Å². The molecule has 7 heteroatoms. The highest BCUT2D eigenvalue weighted by molar-refractivity contribution is 5.98. The molecule has 0 atom stereocenters. The topological polar surface area (TPSA) is 106 Å². The summed E-state index contributed by atoms with van der Waals surface area (Å²) in [5.41, 5.74) is 9.88. The van der Waals surface area contributed by atoms with Crippen LogP contribution in [0.3, 0.4) is 0 Å². The molecule has 0 radical (unpaired) electrons. The third kappa shape index (κ3) is 4.84. The van der Waals surface area contributed by atoms with Crippen LogP contribution < -0.4 is 11.5 Å². The van der Waals surface area contributed by atoms with Gasteiger partial charge in [0, 0.05) is 0 Å². The molecule has 6 nitrogen and oxygen atoms in total. The second kappa shape index (κ2) is 6.60. The van der Waals surface area contributed by atoms with Crippen LogP contribution >= 0.6 is 0 Å². The van der Waals surface area contributed by atoms with Crippen LogP contribution in [0, 0.1) is 5.82 Å². The molecule has 2 amide bonds. The standard InChI is InChI=1S/C12H14FN3O3/c13-9-4-2-1-3-8(9)10(17)5-16(6-11(14)18)7-12(15)19/h1-4H,5-7H2,(H2,14,18)(H2,15,19). The maximum Gasteiger partial charge on any atom is 0.231 e. The SMILES string of the molecule is NC(=O)CN(CC(N)=O)CC(=O)c1ccccc1F. The van der Waals surface area contributed by atoms with Gasteiger partial charge in [0.05, 0.1) is 25.2 Å². The van der Waals surface area contributed by atoms with Crippen molar-refractivity contribution in [2.75, 3.05) is 19.6 Å². The Morgan fingerprint density at radius 2 is 1.53 bits per heavy atom. The van der Waals surface area contributed by atoms with E-state index in [4.69, 9.17) is 11.5 Å². The predicted molar refractivity (Wildman–Crippen MR) is 65.6 cm³/mol. The number of carbonyl (C=O) groups is 3. The van der Waals surface area contributed by atoms with Gasteiger partial charge in [0.2, 0.25) is 11.8 Å². The minimum Gasteiger partial charge on any atom is -0.369 e. The lowest BCUT2D eigenvalue weighted by molar-refractivity contribution is -0.121. The second-order valence-corrected chi connectivity index (χ2v) is 3.98. The molecule has 0 saturated carbocycles. The Kier molecular flexibility index (Phi) is 5.13. The number of nitrogens with two attached hydrogens (primary N) is 2. The molecule has 0 fully saturated rings. The largest absolute Gasteiger partial charge is 0.369 e. The van der Waals surface area contributed by atoms with Gasteiger partial charge < -0.3 is 11.5 Å². The summed E-state index contributed by atoms with van der Waals surface area (Å²) in [5.74, 6) is -2.63. The molecular weight excluding hydrogens is 253 g/mol. The summed E-state index contributed by atoms with van der Waals surface area (Å²) in [4.78, 5) is 34.7. The first kappa shape index (κ1) is 14.8. The van der Waals surface area contributed by atoms with E-state index in [0.29, 0.717) is 0 Å². The molecule has 19 heavy (non-hydrogen) atoms. The van der Waals surface area contributed by atoms with E-state index in [-0.39, 0.29) is 25.2 Å². The first-order chi connectivity index (χ1) is 8.90. The van der Waals surface area contributed by atoms with Gasteiger partial charge in [-0.2, -0.15) is 0 Å². The molecule has 0 heterocycles. The highest BCUT2D eigenvalue weighted by Gasteiger charge is 2.18. The number of Topliss-reactive ketones (excluding diaryl/α,β-unsaturated/α-hetero) is 1. The van der Waals surface area contributed by atoms with Gasteiger partial charge in [0.1, 0.15) is 5.82 Å². The molecule has 102 valence electrons. The number of hydrogen-bond donors (Lipinski definition) is 2. The monoisotopic (exact) mass is 267 g/mol. The van der Waals surface area contributed by atoms with Gasteiger partial charge in [-0.1, -0.05) is 12.1 Å². The summed E-state index contributed by atoms with van der Waals surface area (Å²) >= 11 is 0. The van der Waals surface area contributed by atoms with E-state index in [1.165, 1.54) is 23.1 Å². The van der Waals surface area contributed by atoms with Gasteiger partial charge in [-0.25, -0.2) is 4.39 Å². The molecule has 0 saturated heterocycles. The van der Waals surface area contributed by atoms with Gasteiger partial charge in [-0.15, -0.1) is 0 Å². The first-order valence-electron chi connectivity index (χ1n) is 5.47. The normalized spacial score (nSPS) is 10.4. The van der Waals surface area contributed by atoms with Crippen molar-refractivity contribution in [3.05, 3.63) is 35.6 Å². The quantitative estimate of drug-likeness (QED) is 0.636. The van der Waals surface area contributed by atoms with E-state index in [1.807, 2.05) is 0 Å². The maximum atomic E-state index is 13.4. The van der Waals surface area contributed by atoms with Crippen LogP contribution in [0.1, 0.15) is 10.4 Å². The van der Waals surface area contributed by atoms with Crippen molar-refractivity contribution in [2.45, 2.75) is 0 Å². The zero-order valence-corrected chi connectivity index (χ0v) is 10.1. The van der Waals surface area contributed by atoms with Crippen LogP contribution in [0.4, 0.5) is 4.39 Å². The second-order valence-electron chi connectivity index (χ2n) is 3.98. The molecule has 0 unspecified atom stereocenters. The number of carbonyl (C=O) groups excluding carboxylic acids is 3. The maximum absolute atomic E-state index is 13.4. The number of amides is 2. The molecule has 4 N–H and O–H groups in total. The van der Waals surface area contributed by atoms with E-state index in [0.717, 1.165) is 6.07 Å². The summed E-state index contributed by atoms with van der Waals surface area (Å²) < 4.78 is 13.4. The number of ketones is 1. The number of nitrogens with zero attached hydrogens (tertiary/aromatic N) is 1. The molecule has 0 aromatic heterocycles.